The summed E-state index contributed by atoms with van der Waals surface area (Å²) in [5, 5.41) is 2.15. The summed E-state index contributed by atoms with van der Waals surface area (Å²) in [6.45, 7) is 3.50. The molecule has 0 bridgehead atoms. The molecule has 29 heavy (non-hydrogen) atoms. The maximum atomic E-state index is 13.6. The van der Waals surface area contributed by atoms with E-state index >= 15 is 0 Å². The van der Waals surface area contributed by atoms with Crippen LogP contribution >= 0.6 is 0 Å². The Hall–Kier alpha value is -2.98. The van der Waals surface area contributed by atoms with Crippen LogP contribution in [0.2, 0.25) is 0 Å². The Morgan fingerprint density at radius 3 is 2.48 bits per heavy atom. The molecule has 0 radical (unpaired) electrons. The topological polar surface area (TPSA) is 114 Å². The molecule has 0 saturated carbocycles. The number of nitrogen functional groups attached to an aromatic ring is 1. The van der Waals surface area contributed by atoms with Crippen LogP contribution in [0.4, 0.5) is 19.0 Å². The third-order valence-corrected chi connectivity index (χ3v) is 4.89. The van der Waals surface area contributed by atoms with Gasteiger partial charge in [-0.1, -0.05) is 0 Å². The number of aryl methyl sites for hydroxylation is 1. The largest absolute Gasteiger partial charge is 0.417 e. The Morgan fingerprint density at radius 2 is 1.90 bits per heavy atom. The fourth-order valence-electron chi connectivity index (χ4n) is 3.46. The lowest BCUT2D eigenvalue weighted by Crippen LogP contribution is -2.43. The van der Waals surface area contributed by atoms with Gasteiger partial charge in [-0.25, -0.2) is 15.0 Å². The Balaban J connectivity index is 1.86. The number of carbonyl (C=O) groups is 2. The molecule has 156 valence electrons. The SMILES string of the molecule is CC(=O)NCC(=O)N1CCC(c2cc(C(F)(F)F)c3c(N)nc(C)nc3n2)CC1. The van der Waals surface area contributed by atoms with Crippen molar-refractivity contribution in [1.82, 2.24) is 25.2 Å². The highest BCUT2D eigenvalue weighted by atomic mass is 19.4. The number of likely N-dealkylation sites (tertiary alicyclic amines) is 1. The van der Waals surface area contributed by atoms with E-state index in [4.69, 9.17) is 5.73 Å². The maximum absolute atomic E-state index is 13.6. The van der Waals surface area contributed by atoms with E-state index in [1.54, 1.807) is 4.90 Å². The number of alkyl halides is 3. The Labute approximate surface area is 164 Å². The van der Waals surface area contributed by atoms with Crippen LogP contribution in [0.3, 0.4) is 0 Å². The zero-order valence-electron chi connectivity index (χ0n) is 16.0. The van der Waals surface area contributed by atoms with Crippen LogP contribution < -0.4 is 11.1 Å². The maximum Gasteiger partial charge on any atom is 0.417 e. The molecule has 3 rings (SSSR count). The van der Waals surface area contributed by atoms with Crippen LogP contribution in [0.5, 0.6) is 0 Å². The Bertz CT molecular complexity index is 955. The van der Waals surface area contributed by atoms with Crippen molar-refractivity contribution in [2.24, 2.45) is 0 Å². The van der Waals surface area contributed by atoms with Crippen molar-refractivity contribution < 1.29 is 22.8 Å². The molecule has 0 aromatic carbocycles. The molecule has 1 aliphatic rings. The molecule has 3 heterocycles. The first-order valence-corrected chi connectivity index (χ1v) is 9.10. The number of pyridine rings is 1. The predicted octanol–water partition coefficient (Wildman–Crippen LogP) is 1.78. The molecular formula is C18H21F3N6O2. The second-order valence-corrected chi connectivity index (χ2v) is 7.01. The number of fused-ring (bicyclic) bond motifs is 1. The van der Waals surface area contributed by atoms with E-state index < -0.39 is 11.7 Å². The highest BCUT2D eigenvalue weighted by molar-refractivity contribution is 5.89. The van der Waals surface area contributed by atoms with Gasteiger partial charge in [-0.15, -0.1) is 0 Å². The Kier molecular flexibility index (Phi) is 5.58. The van der Waals surface area contributed by atoms with E-state index in [0.717, 1.165) is 6.07 Å². The lowest BCUT2D eigenvalue weighted by molar-refractivity contribution is -0.136. The molecule has 2 amide bonds. The molecule has 2 aromatic rings. The molecule has 0 unspecified atom stereocenters. The van der Waals surface area contributed by atoms with Crippen molar-refractivity contribution in [3.05, 3.63) is 23.1 Å². The molecule has 2 aromatic heterocycles. The van der Waals surface area contributed by atoms with Crippen molar-refractivity contribution in [2.75, 3.05) is 25.4 Å². The van der Waals surface area contributed by atoms with Crippen molar-refractivity contribution in [2.45, 2.75) is 38.8 Å². The molecule has 8 nitrogen and oxygen atoms in total. The number of amides is 2. The molecule has 0 aliphatic carbocycles. The van der Waals surface area contributed by atoms with E-state index in [2.05, 4.69) is 20.3 Å². The summed E-state index contributed by atoms with van der Waals surface area (Å²) in [6.07, 6.45) is -3.71. The van der Waals surface area contributed by atoms with Crippen molar-refractivity contribution in [1.29, 1.82) is 0 Å². The van der Waals surface area contributed by atoms with Gasteiger partial charge in [0.25, 0.3) is 0 Å². The molecule has 1 saturated heterocycles. The van der Waals surface area contributed by atoms with Gasteiger partial charge in [0.15, 0.2) is 5.65 Å². The van der Waals surface area contributed by atoms with Crippen LogP contribution in [0.25, 0.3) is 11.0 Å². The second-order valence-electron chi connectivity index (χ2n) is 7.01. The summed E-state index contributed by atoms with van der Waals surface area (Å²) in [4.78, 5) is 36.8. The number of nitrogens with zero attached hydrogens (tertiary/aromatic N) is 4. The van der Waals surface area contributed by atoms with Gasteiger partial charge in [0.05, 0.1) is 17.5 Å². The fourth-order valence-corrected chi connectivity index (χ4v) is 3.46. The number of carbonyl (C=O) groups excluding carboxylic acids is 2. The standard InChI is InChI=1S/C18H21F3N6O2/c1-9-24-16(22)15-12(18(19,20)21)7-13(26-17(15)25-9)11-3-5-27(6-4-11)14(29)8-23-10(2)28/h7,11H,3-6,8H2,1-2H3,(H,23,28)(H2,22,24,25,26). The number of nitrogens with one attached hydrogen (secondary N) is 1. The number of aromatic nitrogens is 3. The zero-order valence-corrected chi connectivity index (χ0v) is 16.0. The fraction of sp³-hybridized carbons (Fsp3) is 0.500. The van der Waals surface area contributed by atoms with E-state index in [0.29, 0.717) is 25.9 Å². The van der Waals surface area contributed by atoms with Gasteiger partial charge in [-0.3, -0.25) is 9.59 Å². The minimum atomic E-state index is -4.63. The highest BCUT2D eigenvalue weighted by Gasteiger charge is 2.36. The van der Waals surface area contributed by atoms with Gasteiger partial charge in [0.1, 0.15) is 11.6 Å². The lowest BCUT2D eigenvalue weighted by Gasteiger charge is -2.32. The van der Waals surface area contributed by atoms with Crippen molar-refractivity contribution in [3.63, 3.8) is 0 Å². The number of hydrogen-bond donors (Lipinski definition) is 2. The van der Waals surface area contributed by atoms with Gasteiger partial charge < -0.3 is 16.0 Å². The van der Waals surface area contributed by atoms with Crippen molar-refractivity contribution in [3.8, 4) is 0 Å². The smallest absolute Gasteiger partial charge is 0.383 e. The summed E-state index contributed by atoms with van der Waals surface area (Å²) in [5.41, 5.74) is 5.01. The van der Waals surface area contributed by atoms with Gasteiger partial charge in [0.2, 0.25) is 11.8 Å². The monoisotopic (exact) mass is 410 g/mol. The number of halogens is 3. The van der Waals surface area contributed by atoms with Gasteiger partial charge >= 0.3 is 6.18 Å². The third kappa shape index (κ3) is 4.54. The van der Waals surface area contributed by atoms with Crippen molar-refractivity contribution >= 4 is 28.7 Å². The van der Waals surface area contributed by atoms with E-state index in [9.17, 15) is 22.8 Å². The predicted molar refractivity (Wildman–Crippen MR) is 98.7 cm³/mol. The number of anilines is 1. The first-order valence-electron chi connectivity index (χ1n) is 9.10. The lowest BCUT2D eigenvalue weighted by atomic mass is 9.91. The van der Waals surface area contributed by atoms with Crippen LogP contribution in [-0.4, -0.2) is 51.3 Å². The average molecular weight is 410 g/mol. The summed E-state index contributed by atoms with van der Waals surface area (Å²) in [5.74, 6) is -0.785. The quantitative estimate of drug-likeness (QED) is 0.797. The highest BCUT2D eigenvalue weighted by Crippen LogP contribution is 2.38. The van der Waals surface area contributed by atoms with Gasteiger partial charge in [-0.05, 0) is 25.8 Å². The van der Waals surface area contributed by atoms with E-state index in [1.807, 2.05) is 0 Å². The molecule has 11 heteroatoms. The summed E-state index contributed by atoms with van der Waals surface area (Å²) in [7, 11) is 0. The van der Waals surface area contributed by atoms with E-state index in [1.165, 1.54) is 13.8 Å². The first-order chi connectivity index (χ1) is 13.6. The zero-order chi connectivity index (χ0) is 21.3. The summed E-state index contributed by atoms with van der Waals surface area (Å²) in [6, 6.07) is 1.01. The van der Waals surface area contributed by atoms with E-state index in [-0.39, 0.29) is 52.6 Å². The van der Waals surface area contributed by atoms with Crippen LogP contribution in [0.1, 0.15) is 42.8 Å². The summed E-state index contributed by atoms with van der Waals surface area (Å²) < 4.78 is 40.9. The first kappa shape index (κ1) is 20.7. The van der Waals surface area contributed by atoms with Crippen LogP contribution in [-0.2, 0) is 15.8 Å². The second kappa shape index (κ2) is 7.80. The molecule has 0 atom stereocenters. The molecule has 0 spiro atoms. The number of rotatable bonds is 3. The minimum absolute atomic E-state index is 0.0796. The third-order valence-electron chi connectivity index (χ3n) is 4.89. The average Bonchev–Trinajstić information content (AvgIpc) is 2.64. The molecular weight excluding hydrogens is 389 g/mol. The molecule has 1 aliphatic heterocycles. The van der Waals surface area contributed by atoms with Gasteiger partial charge in [-0.2, -0.15) is 13.2 Å². The molecule has 1 fully saturated rings. The number of hydrogen-bond acceptors (Lipinski definition) is 6. The minimum Gasteiger partial charge on any atom is -0.383 e. The van der Waals surface area contributed by atoms with Gasteiger partial charge in [0, 0.05) is 31.6 Å². The summed E-state index contributed by atoms with van der Waals surface area (Å²) >= 11 is 0. The molecule has 3 N–H and O–H groups in total. The number of nitrogens with two attached hydrogens (primary N) is 1. The number of piperidine rings is 1. The van der Waals surface area contributed by atoms with Crippen LogP contribution in [0.15, 0.2) is 6.07 Å². The Morgan fingerprint density at radius 1 is 1.24 bits per heavy atom. The normalized spacial score (nSPS) is 15.6. The van der Waals surface area contributed by atoms with Crippen LogP contribution in [0, 0.1) is 6.92 Å².